The van der Waals surface area contributed by atoms with Gasteiger partial charge in [-0.15, -0.1) is 0 Å². The monoisotopic (exact) mass is 892 g/mol. The van der Waals surface area contributed by atoms with Crippen LogP contribution < -0.4 is 39.4 Å². The van der Waals surface area contributed by atoms with E-state index in [1.807, 2.05) is 61.5 Å². The zero-order valence-corrected chi connectivity index (χ0v) is 41.6. The van der Waals surface area contributed by atoms with Crippen LogP contribution in [-0.2, 0) is 38.0 Å². The van der Waals surface area contributed by atoms with Crippen LogP contribution >= 0.6 is 0 Å². The Kier molecular flexibility index (Phi) is 17.3. The van der Waals surface area contributed by atoms with Crippen LogP contribution in [0.3, 0.4) is 0 Å². The average Bonchev–Trinajstić information content (AvgIpc) is 3.59. The first-order chi connectivity index (χ1) is 29.3. The molecular formula is C49H73NaO13. The number of aliphatic hydroxyl groups excluding tert-OH is 1. The van der Waals surface area contributed by atoms with Gasteiger partial charge in [-0.2, -0.15) is 0 Å². The number of ether oxygens (including phenoxy) is 7. The Balaban J connectivity index is 0.00000748. The number of carbonyl (C=O) groups is 3. The first-order valence-corrected chi connectivity index (χ1v) is 23.4. The summed E-state index contributed by atoms with van der Waals surface area (Å²) < 4.78 is 45.8. The molecule has 348 valence electrons. The number of Topliss-reactive ketones (excluding diaryl/α,β-unsaturated/α-hetero) is 1. The fourth-order valence-electron chi connectivity index (χ4n) is 11.3. The van der Waals surface area contributed by atoms with Crippen LogP contribution in [0.25, 0.3) is 0 Å². The molecule has 0 unspecified atom stereocenters. The van der Waals surface area contributed by atoms with Crippen molar-refractivity contribution in [2.45, 2.75) is 199 Å². The van der Waals surface area contributed by atoms with E-state index in [9.17, 15) is 29.7 Å². The SMILES string of the molecule is CC[C@@H](C(=O)[C@@H](C)[C@@H](O)[C@H](C)[C@@H]1O[C@@H]([C@@H](CC)C(=O)[O-])CC[C@@H]1C)[C@H]1O[C@]2(C=C[C@@H](OC(=O)Oc3ccccc3)[C@]3(CC[C@@](C)([C@H]4CC[C@](O)(CC)[C@H](C)O4)O3)O2)[C@H](C)C[C@@H]1C.[Na+]. The molecule has 0 radical (unpaired) electrons. The summed E-state index contributed by atoms with van der Waals surface area (Å²) in [5, 5.41) is 35.0. The molecule has 5 aliphatic rings. The molecular weight excluding hydrogens is 820 g/mol. The molecule has 5 aliphatic heterocycles. The Morgan fingerprint density at radius 1 is 0.889 bits per heavy atom. The van der Waals surface area contributed by atoms with Gasteiger partial charge in [0.2, 0.25) is 5.79 Å². The molecule has 0 aliphatic carbocycles. The Hall–Kier alpha value is -1.91. The van der Waals surface area contributed by atoms with Crippen molar-refractivity contribution in [1.82, 2.24) is 0 Å². The molecule has 1 aromatic rings. The summed E-state index contributed by atoms with van der Waals surface area (Å²) in [7, 11) is 0. The number of aliphatic carboxylic acids is 1. The van der Waals surface area contributed by atoms with Crippen molar-refractivity contribution in [2.24, 2.45) is 41.4 Å². The van der Waals surface area contributed by atoms with E-state index in [4.69, 9.17) is 33.2 Å². The second kappa shape index (κ2) is 20.9. The molecule has 5 heterocycles. The molecule has 14 heteroatoms. The summed E-state index contributed by atoms with van der Waals surface area (Å²) in [6, 6.07) is 8.65. The summed E-state index contributed by atoms with van der Waals surface area (Å²) in [4.78, 5) is 39.9. The van der Waals surface area contributed by atoms with Gasteiger partial charge in [0.15, 0.2) is 11.9 Å². The number of hydrogen-bond acceptors (Lipinski definition) is 13. The Bertz CT molecular complexity index is 1750. The van der Waals surface area contributed by atoms with Crippen LogP contribution in [0, 0.1) is 41.4 Å². The van der Waals surface area contributed by atoms with E-state index in [1.165, 1.54) is 0 Å². The van der Waals surface area contributed by atoms with E-state index in [0.717, 1.165) is 6.42 Å². The molecule has 0 saturated carbocycles. The van der Waals surface area contributed by atoms with Gasteiger partial charge in [-0.3, -0.25) is 4.79 Å². The van der Waals surface area contributed by atoms with Crippen molar-refractivity contribution >= 4 is 17.9 Å². The third-order valence-corrected chi connectivity index (χ3v) is 15.6. The summed E-state index contributed by atoms with van der Waals surface area (Å²) >= 11 is 0. The summed E-state index contributed by atoms with van der Waals surface area (Å²) in [6.45, 7) is 19.4. The third-order valence-electron chi connectivity index (χ3n) is 15.6. The van der Waals surface area contributed by atoms with E-state index in [0.29, 0.717) is 63.5 Å². The smallest absolute Gasteiger partial charge is 0.550 e. The number of carboxylic acids is 1. The van der Waals surface area contributed by atoms with E-state index < -0.39 is 95.2 Å². The van der Waals surface area contributed by atoms with Gasteiger partial charge in [-0.25, -0.2) is 4.79 Å². The second-order valence-corrected chi connectivity index (χ2v) is 19.7. The average molecular weight is 893 g/mol. The summed E-state index contributed by atoms with van der Waals surface area (Å²) in [5.41, 5.74) is -1.82. The Labute approximate surface area is 396 Å². The molecule has 63 heavy (non-hydrogen) atoms. The van der Waals surface area contributed by atoms with E-state index >= 15 is 0 Å². The number of carboxylic acid groups (broad SMARTS) is 1. The van der Waals surface area contributed by atoms with Gasteiger partial charge < -0.3 is 53.3 Å². The van der Waals surface area contributed by atoms with Crippen LogP contribution in [-0.4, -0.2) is 93.6 Å². The predicted molar refractivity (Wildman–Crippen MR) is 227 cm³/mol. The number of benzene rings is 1. The van der Waals surface area contributed by atoms with Gasteiger partial charge in [0, 0.05) is 42.0 Å². The number of ketones is 1. The molecule has 0 aromatic heterocycles. The zero-order chi connectivity index (χ0) is 45.4. The number of para-hydroxylation sites is 1. The molecule has 2 N–H and O–H groups in total. The normalized spacial score (nSPS) is 40.3. The van der Waals surface area contributed by atoms with E-state index in [-0.39, 0.29) is 59.2 Å². The van der Waals surface area contributed by atoms with Crippen LogP contribution in [0.5, 0.6) is 5.75 Å². The van der Waals surface area contributed by atoms with Crippen molar-refractivity contribution in [3.63, 3.8) is 0 Å². The van der Waals surface area contributed by atoms with E-state index in [2.05, 4.69) is 6.92 Å². The van der Waals surface area contributed by atoms with Gasteiger partial charge in [0.25, 0.3) is 0 Å². The minimum atomic E-state index is -1.52. The molecule has 4 fully saturated rings. The fourth-order valence-corrected chi connectivity index (χ4v) is 11.3. The van der Waals surface area contributed by atoms with Crippen molar-refractivity contribution in [3.8, 4) is 5.75 Å². The van der Waals surface area contributed by atoms with Crippen LogP contribution in [0.1, 0.15) is 133 Å². The third kappa shape index (κ3) is 10.6. The van der Waals surface area contributed by atoms with Crippen LogP contribution in [0.15, 0.2) is 42.5 Å². The van der Waals surface area contributed by atoms with Gasteiger partial charge in [-0.1, -0.05) is 73.6 Å². The number of carbonyl (C=O) groups excluding carboxylic acids is 3. The maximum atomic E-state index is 14.7. The first kappa shape index (κ1) is 52.1. The van der Waals surface area contributed by atoms with Gasteiger partial charge in [0.1, 0.15) is 11.5 Å². The molecule has 0 bridgehead atoms. The fraction of sp³-hybridized carbons (Fsp3) is 0.776. The maximum absolute atomic E-state index is 14.7. The van der Waals surface area contributed by atoms with Crippen molar-refractivity contribution in [2.75, 3.05) is 0 Å². The molecule has 4 saturated heterocycles. The molecule has 1 aromatic carbocycles. The van der Waals surface area contributed by atoms with E-state index in [1.54, 1.807) is 43.3 Å². The topological polar surface area (TPSA) is 179 Å². The van der Waals surface area contributed by atoms with Gasteiger partial charge >= 0.3 is 35.7 Å². The zero-order valence-electron chi connectivity index (χ0n) is 39.6. The van der Waals surface area contributed by atoms with Crippen LogP contribution in [0.4, 0.5) is 4.79 Å². The Morgan fingerprint density at radius 3 is 2.19 bits per heavy atom. The van der Waals surface area contributed by atoms with Crippen molar-refractivity contribution in [3.05, 3.63) is 42.5 Å². The largest absolute Gasteiger partial charge is 1.00 e. The second-order valence-electron chi connectivity index (χ2n) is 19.7. The molecule has 2 spiro atoms. The minimum absolute atomic E-state index is 0. The minimum Gasteiger partial charge on any atom is -0.550 e. The maximum Gasteiger partial charge on any atom is 1.00 e. The van der Waals surface area contributed by atoms with Gasteiger partial charge in [-0.05, 0) is 108 Å². The Morgan fingerprint density at radius 2 is 1.57 bits per heavy atom. The predicted octanol–water partition coefficient (Wildman–Crippen LogP) is 4.08. The summed E-state index contributed by atoms with van der Waals surface area (Å²) in [6.07, 6.45) is 3.50. The van der Waals surface area contributed by atoms with Crippen molar-refractivity contribution in [1.29, 1.82) is 0 Å². The number of rotatable bonds is 14. The summed E-state index contributed by atoms with van der Waals surface area (Å²) in [5.74, 6) is -6.60. The standard InChI is InChI=1S/C49H74O13.Na/c1-11-35(44(52)53)37-20-19-28(4)42(58-37)32(8)40(50)31(7)41(51)36(12-2)43-29(5)27-30(6)48(60-43)24-22-39(59-45(54)57-34-17-15-14-16-18-34)49(62-48)26-25-46(10,61-49)38-21-23-47(55,13-3)33(9)56-38;/h14-18,22,24,28-33,35-40,42-43,50,55H,11-13,19-21,23,25-27H2,1-10H3,(H,52,53);/q;+1/p-1/t28-,29-,30+,31-,32-,33-,35+,36-,37+,38+,39+,40+,42+,43-,46-,47+,48-,49-;/m0./s1. The molecule has 13 nitrogen and oxygen atoms in total. The molecule has 6 rings (SSSR count). The van der Waals surface area contributed by atoms with Gasteiger partial charge in [0.05, 0.1) is 47.8 Å². The molecule has 18 atom stereocenters. The van der Waals surface area contributed by atoms with Crippen molar-refractivity contribution < 1.29 is 92.4 Å². The van der Waals surface area contributed by atoms with Crippen LogP contribution in [0.2, 0.25) is 0 Å². The quantitative estimate of drug-likeness (QED) is 0.118. The molecule has 0 amide bonds. The first-order valence-electron chi connectivity index (χ1n) is 23.4. The number of hydrogen-bond donors (Lipinski definition) is 2. The number of aliphatic hydroxyl groups is 2.